The van der Waals surface area contributed by atoms with Crippen molar-refractivity contribution in [1.29, 1.82) is 0 Å². The number of amides is 1. The zero-order valence-electron chi connectivity index (χ0n) is 17.1. The Morgan fingerprint density at radius 3 is 2.71 bits per heavy atom. The number of hydrogen-bond donors (Lipinski definition) is 2. The van der Waals surface area contributed by atoms with E-state index >= 15 is 0 Å². The Labute approximate surface area is 179 Å². The van der Waals surface area contributed by atoms with Gasteiger partial charge in [-0.3, -0.25) is 4.90 Å². The number of fused-ring (bicyclic) bond motifs is 1. The van der Waals surface area contributed by atoms with E-state index in [0.29, 0.717) is 18.2 Å². The van der Waals surface area contributed by atoms with E-state index in [9.17, 15) is 27.1 Å². The maximum absolute atomic E-state index is 13.1. The van der Waals surface area contributed by atoms with Crippen molar-refractivity contribution < 1.29 is 31.8 Å². The standard InChI is InChI=1S/C19H26F2N4O5S/c1-11-4-15(24-31(28,29)10-20)16(25(11)18(26)27)9-30-14-2-3-19(6-12(19)5-14)17-22-7-13(21)8-23-17/h7-8,11-12,14-16,24H,2-6,9-10H2,1H3,(H,26,27)/t11-,12?,14?,15+,16+,19?/m1/s1. The summed E-state index contributed by atoms with van der Waals surface area (Å²) >= 11 is 0. The van der Waals surface area contributed by atoms with Crippen LogP contribution in [0.5, 0.6) is 0 Å². The number of likely N-dealkylation sites (tertiary alicyclic amines) is 1. The molecule has 12 heteroatoms. The number of nitrogens with zero attached hydrogens (tertiary/aromatic N) is 3. The van der Waals surface area contributed by atoms with Crippen molar-refractivity contribution in [3.8, 4) is 0 Å². The van der Waals surface area contributed by atoms with Gasteiger partial charge >= 0.3 is 6.09 Å². The number of nitrogens with one attached hydrogen (secondary N) is 1. The van der Waals surface area contributed by atoms with E-state index < -0.39 is 46.1 Å². The molecule has 0 radical (unpaired) electrons. The molecular weight excluding hydrogens is 434 g/mol. The van der Waals surface area contributed by atoms with Crippen LogP contribution in [0.2, 0.25) is 0 Å². The number of halogens is 2. The molecule has 31 heavy (non-hydrogen) atoms. The fourth-order valence-corrected chi connectivity index (χ4v) is 6.04. The Morgan fingerprint density at radius 2 is 2.10 bits per heavy atom. The highest BCUT2D eigenvalue weighted by Gasteiger charge is 2.60. The molecule has 0 spiro atoms. The molecule has 4 rings (SSSR count). The van der Waals surface area contributed by atoms with Gasteiger partial charge in [0.25, 0.3) is 0 Å². The molecule has 3 fully saturated rings. The predicted octanol–water partition coefficient (Wildman–Crippen LogP) is 1.80. The minimum absolute atomic E-state index is 0.0214. The maximum atomic E-state index is 13.1. The molecule has 1 aromatic heterocycles. The Hall–Kier alpha value is -1.92. The van der Waals surface area contributed by atoms with Gasteiger partial charge in [-0.15, -0.1) is 0 Å². The number of carbonyl (C=O) groups is 1. The number of sulfonamides is 1. The van der Waals surface area contributed by atoms with Gasteiger partial charge in [-0.25, -0.2) is 36.7 Å². The monoisotopic (exact) mass is 460 g/mol. The van der Waals surface area contributed by atoms with Crippen LogP contribution < -0.4 is 4.72 Å². The topological polar surface area (TPSA) is 122 Å². The van der Waals surface area contributed by atoms with Crippen molar-refractivity contribution in [2.45, 2.75) is 68.7 Å². The molecule has 2 saturated carbocycles. The van der Waals surface area contributed by atoms with Crippen LogP contribution in [0.3, 0.4) is 0 Å². The average molecular weight is 461 g/mol. The summed E-state index contributed by atoms with van der Waals surface area (Å²) in [4.78, 5) is 21.2. The first kappa shape index (κ1) is 22.3. The summed E-state index contributed by atoms with van der Waals surface area (Å²) in [5.74, 6) is 0.497. The molecule has 1 aromatic rings. The highest BCUT2D eigenvalue weighted by Crippen LogP contribution is 2.61. The van der Waals surface area contributed by atoms with E-state index in [1.54, 1.807) is 6.92 Å². The Balaban J connectivity index is 1.38. The van der Waals surface area contributed by atoms with Gasteiger partial charge in [-0.2, -0.15) is 0 Å². The smallest absolute Gasteiger partial charge is 0.407 e. The lowest BCUT2D eigenvalue weighted by molar-refractivity contribution is -0.00877. The lowest BCUT2D eigenvalue weighted by Gasteiger charge is -2.32. The molecule has 172 valence electrons. The summed E-state index contributed by atoms with van der Waals surface area (Å²) in [6.07, 6.45) is 4.48. The molecule has 2 aliphatic carbocycles. The highest BCUT2D eigenvalue weighted by molar-refractivity contribution is 7.89. The van der Waals surface area contributed by atoms with Gasteiger partial charge in [-0.1, -0.05) is 0 Å². The van der Waals surface area contributed by atoms with E-state index in [1.807, 2.05) is 0 Å². The third kappa shape index (κ3) is 4.37. The van der Waals surface area contributed by atoms with Gasteiger partial charge in [0, 0.05) is 17.5 Å². The fraction of sp³-hybridized carbons (Fsp3) is 0.737. The lowest BCUT2D eigenvalue weighted by Crippen LogP contribution is -2.50. The third-order valence-electron chi connectivity index (χ3n) is 6.85. The van der Waals surface area contributed by atoms with E-state index in [4.69, 9.17) is 4.74 Å². The molecule has 1 amide bonds. The van der Waals surface area contributed by atoms with Crippen LogP contribution >= 0.6 is 0 Å². The molecule has 0 aromatic carbocycles. The SMILES string of the molecule is C[C@@H]1C[C@H](NS(=O)(=O)CF)[C@H](COC2CCC3(c4ncc(F)cn4)CC3C2)N1C(=O)O. The van der Waals surface area contributed by atoms with Gasteiger partial charge in [0.15, 0.2) is 5.82 Å². The van der Waals surface area contributed by atoms with E-state index in [0.717, 1.165) is 19.3 Å². The molecule has 2 N–H and O–H groups in total. The Kier molecular flexibility index (Phi) is 5.90. The van der Waals surface area contributed by atoms with Crippen molar-refractivity contribution in [3.05, 3.63) is 24.0 Å². The van der Waals surface area contributed by atoms with Gasteiger partial charge in [-0.05, 0) is 44.9 Å². The highest BCUT2D eigenvalue weighted by atomic mass is 32.2. The molecule has 0 bridgehead atoms. The Morgan fingerprint density at radius 1 is 1.39 bits per heavy atom. The minimum Gasteiger partial charge on any atom is -0.465 e. The predicted molar refractivity (Wildman–Crippen MR) is 105 cm³/mol. The summed E-state index contributed by atoms with van der Waals surface area (Å²) in [7, 11) is -4.13. The molecule has 1 saturated heterocycles. The van der Waals surface area contributed by atoms with Crippen molar-refractivity contribution in [2.24, 2.45) is 5.92 Å². The molecule has 1 aliphatic heterocycles. The van der Waals surface area contributed by atoms with Gasteiger partial charge in [0.05, 0.1) is 31.1 Å². The second-order valence-corrected chi connectivity index (χ2v) is 10.5. The number of rotatable bonds is 7. The zero-order chi connectivity index (χ0) is 22.4. The number of ether oxygens (including phenoxy) is 1. The molecule has 3 unspecified atom stereocenters. The quantitative estimate of drug-likeness (QED) is 0.636. The first-order valence-electron chi connectivity index (χ1n) is 10.3. The van der Waals surface area contributed by atoms with Crippen molar-refractivity contribution in [2.75, 3.05) is 12.6 Å². The lowest BCUT2D eigenvalue weighted by atomic mass is 9.86. The zero-order valence-corrected chi connectivity index (χ0v) is 17.9. The van der Waals surface area contributed by atoms with Gasteiger partial charge < -0.3 is 9.84 Å². The summed E-state index contributed by atoms with van der Waals surface area (Å²) in [5.41, 5.74) is -0.137. The summed E-state index contributed by atoms with van der Waals surface area (Å²) in [6, 6.07) is -3.46. The van der Waals surface area contributed by atoms with Crippen molar-refractivity contribution in [3.63, 3.8) is 0 Å². The van der Waals surface area contributed by atoms with Crippen LogP contribution in [0.1, 0.15) is 44.9 Å². The largest absolute Gasteiger partial charge is 0.465 e. The second kappa shape index (κ2) is 8.21. The van der Waals surface area contributed by atoms with E-state index in [1.165, 1.54) is 17.3 Å². The first-order valence-corrected chi connectivity index (χ1v) is 12.0. The first-order chi connectivity index (χ1) is 14.6. The van der Waals surface area contributed by atoms with Crippen LogP contribution in [0.15, 0.2) is 12.4 Å². The van der Waals surface area contributed by atoms with Crippen LogP contribution in [0.4, 0.5) is 13.6 Å². The normalized spacial score (nSPS) is 35.1. The van der Waals surface area contributed by atoms with Crippen molar-refractivity contribution in [1.82, 2.24) is 19.6 Å². The van der Waals surface area contributed by atoms with Crippen molar-refractivity contribution >= 4 is 16.1 Å². The number of carboxylic acid groups (broad SMARTS) is 1. The molecular formula is C19H26F2N4O5S. The summed E-state index contributed by atoms with van der Waals surface area (Å²) < 4.78 is 57.6. The molecule has 9 nitrogen and oxygen atoms in total. The van der Waals surface area contributed by atoms with Crippen LogP contribution in [0, 0.1) is 11.7 Å². The number of hydrogen-bond acceptors (Lipinski definition) is 6. The van der Waals surface area contributed by atoms with Crippen LogP contribution in [-0.2, 0) is 20.2 Å². The van der Waals surface area contributed by atoms with Crippen LogP contribution in [-0.4, -0.2) is 71.3 Å². The summed E-state index contributed by atoms with van der Waals surface area (Å²) in [6.45, 7) is 1.71. The fourth-order valence-electron chi connectivity index (χ4n) is 5.27. The van der Waals surface area contributed by atoms with Crippen LogP contribution in [0.25, 0.3) is 0 Å². The Bertz CT molecular complexity index is 934. The molecule has 3 aliphatic rings. The van der Waals surface area contributed by atoms with E-state index in [-0.39, 0.29) is 24.5 Å². The number of alkyl halides is 1. The average Bonchev–Trinajstić information content (AvgIpc) is 3.37. The van der Waals surface area contributed by atoms with Gasteiger partial charge in [0.1, 0.15) is 5.82 Å². The molecule has 6 atom stereocenters. The van der Waals surface area contributed by atoms with Gasteiger partial charge in [0.2, 0.25) is 16.0 Å². The maximum Gasteiger partial charge on any atom is 0.407 e. The minimum atomic E-state index is -4.13. The third-order valence-corrected chi connectivity index (χ3v) is 7.80. The number of aromatic nitrogens is 2. The summed E-state index contributed by atoms with van der Waals surface area (Å²) in [5, 5.41) is 9.57. The molecule has 2 heterocycles. The van der Waals surface area contributed by atoms with E-state index in [2.05, 4.69) is 14.7 Å². The second-order valence-electron chi connectivity index (χ2n) is 8.80.